The van der Waals surface area contributed by atoms with E-state index in [1.807, 2.05) is 69.2 Å². The molecular weight excluding hydrogens is 626 g/mol. The number of hydrogen-bond acceptors (Lipinski definition) is 11. The van der Waals surface area contributed by atoms with Crippen LogP contribution in [0.25, 0.3) is 0 Å². The third-order valence-corrected chi connectivity index (χ3v) is 9.63. The Kier molecular flexibility index (Phi) is 18.6. The van der Waals surface area contributed by atoms with Gasteiger partial charge in [-0.05, 0) is 66.8 Å². The lowest BCUT2D eigenvalue weighted by atomic mass is 9.69. The van der Waals surface area contributed by atoms with Gasteiger partial charge in [0.25, 0.3) is 0 Å². The minimum Gasteiger partial charge on any atom is -0.378 e. The van der Waals surface area contributed by atoms with Crippen LogP contribution in [0.15, 0.2) is 0 Å². The minimum atomic E-state index is -3.41. The Labute approximate surface area is 285 Å². The van der Waals surface area contributed by atoms with Crippen molar-refractivity contribution in [2.75, 3.05) is 72.1 Å². The van der Waals surface area contributed by atoms with Gasteiger partial charge in [-0.25, -0.2) is 13.1 Å². The first-order chi connectivity index (χ1) is 21.2. The van der Waals surface area contributed by atoms with E-state index in [-0.39, 0.29) is 30.5 Å². The van der Waals surface area contributed by atoms with E-state index in [0.29, 0.717) is 59.0 Å². The zero-order valence-electron chi connectivity index (χ0n) is 31.6. The molecule has 0 amide bonds. The van der Waals surface area contributed by atoms with E-state index in [0.717, 1.165) is 6.29 Å². The van der Waals surface area contributed by atoms with Crippen LogP contribution in [0.2, 0.25) is 0 Å². The van der Waals surface area contributed by atoms with E-state index in [2.05, 4.69) is 15.4 Å². The molecule has 0 atom stereocenters. The van der Waals surface area contributed by atoms with E-state index in [9.17, 15) is 22.8 Å². The van der Waals surface area contributed by atoms with E-state index in [1.54, 1.807) is 13.8 Å². The molecule has 0 spiro atoms. The van der Waals surface area contributed by atoms with Crippen molar-refractivity contribution in [1.29, 1.82) is 0 Å². The summed E-state index contributed by atoms with van der Waals surface area (Å²) >= 11 is 0. The molecule has 0 saturated heterocycles. The zero-order chi connectivity index (χ0) is 36.8. The summed E-state index contributed by atoms with van der Waals surface area (Å²) in [7, 11) is -2.01. The van der Waals surface area contributed by atoms with Gasteiger partial charge < -0.3 is 34.4 Å². The van der Waals surface area contributed by atoms with Crippen molar-refractivity contribution in [2.45, 2.75) is 113 Å². The van der Waals surface area contributed by atoms with Crippen molar-refractivity contribution < 1.29 is 41.7 Å². The Hall–Kier alpha value is -1.32. The number of Topliss-reactive ketones (excluding diaryl/α,β-unsaturated/α-hetero) is 2. The number of ketones is 2. The summed E-state index contributed by atoms with van der Waals surface area (Å²) in [6.45, 7) is 25.4. The average molecular weight is 694 g/mol. The van der Waals surface area contributed by atoms with Crippen LogP contribution in [-0.2, 0) is 43.4 Å². The quantitative estimate of drug-likeness (QED) is 0.0816. The number of carbonyl (C=O) groups is 3. The molecule has 0 aliphatic carbocycles. The van der Waals surface area contributed by atoms with Gasteiger partial charge in [0.05, 0.1) is 62.1 Å². The Balaban J connectivity index is 4.28. The molecule has 0 bridgehead atoms. The summed E-state index contributed by atoms with van der Waals surface area (Å²) < 4.78 is 49.2. The number of sulfonamides is 1. The summed E-state index contributed by atoms with van der Waals surface area (Å²) in [5.41, 5.74) is -3.83. The molecular formula is C34H67N3O9S. The van der Waals surface area contributed by atoms with Crippen LogP contribution >= 0.6 is 0 Å². The smallest absolute Gasteiger partial charge is 0.211 e. The van der Waals surface area contributed by atoms with Gasteiger partial charge in [0, 0.05) is 23.9 Å². The number of ether oxygens (including phenoxy) is 4. The molecule has 3 N–H and O–H groups in total. The molecule has 0 aliphatic heterocycles. The Morgan fingerprint density at radius 2 is 1.17 bits per heavy atom. The SMILES string of the molecule is CNS(=O)(=O)CC(C)(C)CC(C)(C)C(=O)C(C)(C)NCCOCCOCC(=O)C(C)(C)NCCOCCOC(C)(C)CC(C)(C)C=O. The fourth-order valence-corrected chi connectivity index (χ4v) is 7.32. The fraction of sp³-hybridized carbons (Fsp3) is 0.912. The first-order valence-electron chi connectivity index (χ1n) is 16.6. The van der Waals surface area contributed by atoms with E-state index in [4.69, 9.17) is 18.9 Å². The predicted octanol–water partition coefficient (Wildman–Crippen LogP) is 3.31. The van der Waals surface area contributed by atoms with Crippen molar-refractivity contribution >= 4 is 27.9 Å². The third kappa shape index (κ3) is 19.5. The second-order valence-electron chi connectivity index (χ2n) is 16.2. The van der Waals surface area contributed by atoms with Gasteiger partial charge in [0.15, 0.2) is 11.6 Å². The van der Waals surface area contributed by atoms with Crippen LogP contribution in [-0.4, -0.2) is 115 Å². The molecule has 0 radical (unpaired) electrons. The molecule has 0 aromatic carbocycles. The van der Waals surface area contributed by atoms with Crippen molar-refractivity contribution in [3.63, 3.8) is 0 Å². The third-order valence-electron chi connectivity index (χ3n) is 7.84. The van der Waals surface area contributed by atoms with Gasteiger partial charge in [-0.1, -0.05) is 41.5 Å². The Morgan fingerprint density at radius 1 is 0.681 bits per heavy atom. The topological polar surface area (TPSA) is 158 Å². The molecule has 0 saturated carbocycles. The van der Waals surface area contributed by atoms with Crippen LogP contribution in [0, 0.1) is 16.2 Å². The largest absolute Gasteiger partial charge is 0.378 e. The van der Waals surface area contributed by atoms with Crippen molar-refractivity contribution in [3.8, 4) is 0 Å². The number of aldehydes is 1. The summed E-state index contributed by atoms with van der Waals surface area (Å²) in [6.07, 6.45) is 1.98. The molecule has 278 valence electrons. The Bertz CT molecular complexity index is 1080. The van der Waals surface area contributed by atoms with Gasteiger partial charge in [0.2, 0.25) is 10.0 Å². The lowest BCUT2D eigenvalue weighted by Crippen LogP contribution is -2.54. The molecule has 0 aromatic heterocycles. The Morgan fingerprint density at radius 3 is 1.68 bits per heavy atom. The fourth-order valence-electron chi connectivity index (χ4n) is 6.04. The zero-order valence-corrected chi connectivity index (χ0v) is 32.5. The van der Waals surface area contributed by atoms with Crippen LogP contribution in [0.4, 0.5) is 0 Å². The first kappa shape index (κ1) is 45.7. The highest BCUT2D eigenvalue weighted by molar-refractivity contribution is 7.89. The standard InChI is InChI=1S/C34H67N3O9S/c1-29(2,25-38)24-32(7,8)46-21-20-44-16-14-36-33(9,10)27(39)22-45-19-18-43-17-15-37-34(11,12)28(40)31(5,6)23-30(3,4)26-47(41,42)35-13/h25,35-37H,14-24,26H2,1-13H3. The average Bonchev–Trinajstić information content (AvgIpc) is 2.91. The molecule has 0 unspecified atom stereocenters. The maximum absolute atomic E-state index is 13.4. The summed E-state index contributed by atoms with van der Waals surface area (Å²) in [6, 6.07) is 0. The second-order valence-corrected chi connectivity index (χ2v) is 18.1. The molecule has 0 rings (SSSR count). The predicted molar refractivity (Wildman–Crippen MR) is 186 cm³/mol. The van der Waals surface area contributed by atoms with Crippen LogP contribution in [0.5, 0.6) is 0 Å². The van der Waals surface area contributed by atoms with E-state index < -0.39 is 42.9 Å². The number of carbonyl (C=O) groups excluding carboxylic acids is 3. The first-order valence-corrected chi connectivity index (χ1v) is 18.2. The normalized spacial score (nSPS) is 14.0. The highest BCUT2D eigenvalue weighted by Gasteiger charge is 2.43. The maximum atomic E-state index is 13.4. The summed E-state index contributed by atoms with van der Waals surface area (Å²) in [5.74, 6) is -0.155. The van der Waals surface area contributed by atoms with Gasteiger partial charge in [-0.3, -0.25) is 9.59 Å². The number of rotatable bonds is 28. The molecule has 0 fully saturated rings. The maximum Gasteiger partial charge on any atom is 0.211 e. The minimum absolute atomic E-state index is 0.00534. The van der Waals surface area contributed by atoms with Crippen molar-refractivity contribution in [1.82, 2.24) is 15.4 Å². The van der Waals surface area contributed by atoms with Crippen LogP contribution in [0.3, 0.4) is 0 Å². The van der Waals surface area contributed by atoms with Crippen LogP contribution < -0.4 is 15.4 Å². The molecule has 12 nitrogen and oxygen atoms in total. The van der Waals surface area contributed by atoms with Gasteiger partial charge >= 0.3 is 0 Å². The lowest BCUT2D eigenvalue weighted by molar-refractivity contribution is -0.134. The number of hydrogen-bond donors (Lipinski definition) is 3. The van der Waals surface area contributed by atoms with E-state index in [1.165, 1.54) is 7.05 Å². The molecule has 0 heterocycles. The van der Waals surface area contributed by atoms with Gasteiger partial charge in [0.1, 0.15) is 12.9 Å². The van der Waals surface area contributed by atoms with Crippen LogP contribution in [0.1, 0.15) is 95.9 Å². The molecule has 13 heteroatoms. The molecule has 0 aromatic rings. The number of nitrogens with one attached hydrogen (secondary N) is 3. The highest BCUT2D eigenvalue weighted by Crippen LogP contribution is 2.37. The molecule has 47 heavy (non-hydrogen) atoms. The molecule has 0 aliphatic rings. The monoisotopic (exact) mass is 693 g/mol. The van der Waals surface area contributed by atoms with E-state index >= 15 is 0 Å². The lowest BCUT2D eigenvalue weighted by Gasteiger charge is -2.39. The van der Waals surface area contributed by atoms with Crippen molar-refractivity contribution in [3.05, 3.63) is 0 Å². The van der Waals surface area contributed by atoms with Gasteiger partial charge in [-0.15, -0.1) is 0 Å². The van der Waals surface area contributed by atoms with Gasteiger partial charge in [-0.2, -0.15) is 0 Å². The highest BCUT2D eigenvalue weighted by atomic mass is 32.2. The summed E-state index contributed by atoms with van der Waals surface area (Å²) in [4.78, 5) is 37.2. The summed E-state index contributed by atoms with van der Waals surface area (Å²) in [5, 5.41) is 6.46. The second kappa shape index (κ2) is 19.2. The van der Waals surface area contributed by atoms with Crippen molar-refractivity contribution in [2.24, 2.45) is 16.2 Å².